The molecule has 5 rings (SSSR count). The summed E-state index contributed by atoms with van der Waals surface area (Å²) in [4.78, 5) is 30.3. The van der Waals surface area contributed by atoms with Gasteiger partial charge in [0.2, 0.25) is 5.43 Å². The molecule has 0 saturated carbocycles. The number of esters is 1. The zero-order chi connectivity index (χ0) is 18.0. The Bertz CT molecular complexity index is 1140. The fraction of sp³-hybridized carbons (Fsp3) is 0.450. The van der Waals surface area contributed by atoms with Crippen LogP contribution in [0.15, 0.2) is 17.1 Å². The molecule has 26 heavy (non-hydrogen) atoms. The van der Waals surface area contributed by atoms with E-state index in [1.165, 1.54) is 0 Å². The van der Waals surface area contributed by atoms with Gasteiger partial charge in [-0.05, 0) is 39.2 Å². The molecule has 2 aliphatic heterocycles. The first-order chi connectivity index (χ1) is 12.6. The van der Waals surface area contributed by atoms with Gasteiger partial charge in [0.15, 0.2) is 0 Å². The first-order valence-electron chi connectivity index (χ1n) is 9.37. The number of fused-ring (bicyclic) bond motifs is 4. The molecule has 1 aromatic carbocycles. The molecule has 0 radical (unpaired) electrons. The molecular weight excluding hydrogens is 330 g/mol. The lowest BCUT2D eigenvalue weighted by Crippen LogP contribution is -2.25. The Morgan fingerprint density at radius 3 is 3.04 bits per heavy atom. The maximum absolute atomic E-state index is 13.1. The van der Waals surface area contributed by atoms with E-state index >= 15 is 0 Å². The third kappa shape index (κ3) is 1.95. The molecule has 0 aliphatic carbocycles. The van der Waals surface area contributed by atoms with Crippen LogP contribution >= 0.6 is 0 Å². The van der Waals surface area contributed by atoms with Crippen molar-refractivity contribution in [3.05, 3.63) is 39.4 Å². The van der Waals surface area contributed by atoms with Crippen LogP contribution in [0, 0.1) is 0 Å². The second kappa shape index (κ2) is 5.43. The van der Waals surface area contributed by atoms with Crippen molar-refractivity contribution < 1.29 is 9.53 Å². The van der Waals surface area contributed by atoms with Crippen molar-refractivity contribution in [2.75, 3.05) is 6.61 Å². The first-order valence-corrected chi connectivity index (χ1v) is 9.37. The predicted molar refractivity (Wildman–Crippen MR) is 98.8 cm³/mol. The summed E-state index contributed by atoms with van der Waals surface area (Å²) < 4.78 is 9.42. The van der Waals surface area contributed by atoms with Crippen LogP contribution in [-0.4, -0.2) is 26.7 Å². The minimum atomic E-state index is -0.541. The molecule has 6 heteroatoms. The van der Waals surface area contributed by atoms with Crippen LogP contribution in [0.25, 0.3) is 21.9 Å². The van der Waals surface area contributed by atoms with E-state index in [0.29, 0.717) is 5.39 Å². The van der Waals surface area contributed by atoms with Gasteiger partial charge in [-0.15, -0.1) is 0 Å². The maximum Gasteiger partial charge on any atom is 0.343 e. The van der Waals surface area contributed by atoms with Gasteiger partial charge >= 0.3 is 5.97 Å². The zero-order valence-electron chi connectivity index (χ0n) is 15.0. The molecule has 0 saturated heterocycles. The van der Waals surface area contributed by atoms with Crippen LogP contribution in [0.1, 0.15) is 54.5 Å². The molecule has 1 atom stereocenters. The fourth-order valence-corrected chi connectivity index (χ4v) is 4.50. The smallest absolute Gasteiger partial charge is 0.343 e. The molecular formula is C20H21N3O3. The molecule has 6 nitrogen and oxygen atoms in total. The Morgan fingerprint density at radius 1 is 1.38 bits per heavy atom. The second-order valence-electron chi connectivity index (χ2n) is 7.29. The number of benzene rings is 1. The molecule has 1 unspecified atom stereocenters. The highest BCUT2D eigenvalue weighted by Crippen LogP contribution is 2.36. The average molecular weight is 351 g/mol. The van der Waals surface area contributed by atoms with Crippen molar-refractivity contribution in [2.45, 2.75) is 52.1 Å². The van der Waals surface area contributed by atoms with E-state index in [1.807, 2.05) is 6.07 Å². The molecule has 0 amide bonds. The Balaban J connectivity index is 1.92. The van der Waals surface area contributed by atoms with Crippen molar-refractivity contribution in [1.29, 1.82) is 0 Å². The lowest BCUT2D eigenvalue weighted by molar-refractivity contribution is 0.0524. The number of carbonyl (C=O) groups is 1. The van der Waals surface area contributed by atoms with Gasteiger partial charge in [-0.25, -0.2) is 9.78 Å². The monoisotopic (exact) mass is 351 g/mol. The highest BCUT2D eigenvalue weighted by Gasteiger charge is 2.28. The van der Waals surface area contributed by atoms with Gasteiger partial charge in [-0.1, -0.05) is 0 Å². The van der Waals surface area contributed by atoms with E-state index < -0.39 is 5.97 Å². The number of rotatable bonds is 2. The highest BCUT2D eigenvalue weighted by molar-refractivity contribution is 6.01. The van der Waals surface area contributed by atoms with Gasteiger partial charge in [-0.2, -0.15) is 0 Å². The van der Waals surface area contributed by atoms with Gasteiger partial charge in [0, 0.05) is 36.2 Å². The summed E-state index contributed by atoms with van der Waals surface area (Å²) in [5.74, 6) is 0.566. The van der Waals surface area contributed by atoms with Crippen molar-refractivity contribution in [3.8, 4) is 0 Å². The third-order valence-corrected chi connectivity index (χ3v) is 5.77. The summed E-state index contributed by atoms with van der Waals surface area (Å²) >= 11 is 0. The van der Waals surface area contributed by atoms with E-state index in [4.69, 9.17) is 9.72 Å². The van der Waals surface area contributed by atoms with E-state index in [1.54, 1.807) is 13.1 Å². The molecule has 0 N–H and O–H groups in total. The quantitative estimate of drug-likeness (QED) is 0.666. The summed E-state index contributed by atoms with van der Waals surface area (Å²) in [6, 6.07) is 2.17. The van der Waals surface area contributed by atoms with Crippen molar-refractivity contribution in [3.63, 3.8) is 0 Å². The molecule has 4 heterocycles. The zero-order valence-corrected chi connectivity index (χ0v) is 15.0. The van der Waals surface area contributed by atoms with Crippen LogP contribution in [-0.2, 0) is 24.1 Å². The van der Waals surface area contributed by atoms with Crippen molar-refractivity contribution in [1.82, 2.24) is 14.1 Å². The molecule has 134 valence electrons. The standard InChI is InChI=1S/C20H21N3O3/c1-3-26-20(25)14-10-23-11(2)6-7-12-17-15(9-13(18(12)23)19(14)24)22-8-4-5-16(22)21-17/h9-11H,3-8H2,1-2H3. The minimum absolute atomic E-state index is 0.125. The lowest BCUT2D eigenvalue weighted by Gasteiger charge is -2.27. The number of aryl methyl sites for hydroxylation is 3. The first kappa shape index (κ1) is 15.6. The summed E-state index contributed by atoms with van der Waals surface area (Å²) in [7, 11) is 0. The van der Waals surface area contributed by atoms with Gasteiger partial charge in [0.05, 0.1) is 23.2 Å². The highest BCUT2D eigenvalue weighted by atomic mass is 16.5. The largest absolute Gasteiger partial charge is 0.462 e. The Kier molecular flexibility index (Phi) is 3.26. The van der Waals surface area contributed by atoms with Crippen LogP contribution < -0.4 is 5.43 Å². The molecule has 0 fully saturated rings. The van der Waals surface area contributed by atoms with E-state index in [2.05, 4.69) is 16.1 Å². The van der Waals surface area contributed by atoms with E-state index in [9.17, 15) is 9.59 Å². The lowest BCUT2D eigenvalue weighted by atomic mass is 9.94. The molecule has 0 bridgehead atoms. The Hall–Kier alpha value is -2.63. The number of imidazole rings is 1. The normalized spacial score (nSPS) is 18.5. The second-order valence-corrected chi connectivity index (χ2v) is 7.29. The number of carbonyl (C=O) groups excluding carboxylic acids is 1. The number of aromatic nitrogens is 3. The number of ether oxygens (including phenoxy) is 1. The molecule has 3 aromatic rings. The SMILES string of the molecule is CCOC(=O)c1cn2c3c(c4nc5n(c4cc3c1=O)CCC5)CCC2C. The number of pyridine rings is 1. The van der Waals surface area contributed by atoms with Gasteiger partial charge < -0.3 is 13.9 Å². The molecule has 2 aliphatic rings. The summed E-state index contributed by atoms with van der Waals surface area (Å²) in [6.45, 7) is 5.07. The predicted octanol–water partition coefficient (Wildman–Crippen LogP) is 2.98. The topological polar surface area (TPSA) is 66.1 Å². The Morgan fingerprint density at radius 2 is 2.23 bits per heavy atom. The van der Waals surface area contributed by atoms with Crippen LogP contribution in [0.5, 0.6) is 0 Å². The summed E-state index contributed by atoms with van der Waals surface area (Å²) in [5, 5.41) is 0.610. The van der Waals surface area contributed by atoms with Crippen molar-refractivity contribution >= 4 is 27.9 Å². The average Bonchev–Trinajstić information content (AvgIpc) is 3.21. The maximum atomic E-state index is 13.1. The molecule has 2 aromatic heterocycles. The number of nitrogens with zero attached hydrogens (tertiary/aromatic N) is 3. The van der Waals surface area contributed by atoms with Crippen LogP contribution in [0.2, 0.25) is 0 Å². The van der Waals surface area contributed by atoms with Crippen molar-refractivity contribution in [2.24, 2.45) is 0 Å². The summed E-state index contributed by atoms with van der Waals surface area (Å²) in [5.41, 5.74) is 4.02. The minimum Gasteiger partial charge on any atom is -0.462 e. The molecule has 0 spiro atoms. The van der Waals surface area contributed by atoms with E-state index in [-0.39, 0.29) is 23.6 Å². The number of hydrogen-bond donors (Lipinski definition) is 0. The van der Waals surface area contributed by atoms with Gasteiger partial charge in [-0.3, -0.25) is 4.79 Å². The van der Waals surface area contributed by atoms with Gasteiger partial charge in [0.25, 0.3) is 0 Å². The van der Waals surface area contributed by atoms with E-state index in [0.717, 1.165) is 60.2 Å². The third-order valence-electron chi connectivity index (χ3n) is 5.77. The fourth-order valence-electron chi connectivity index (χ4n) is 4.50. The van der Waals surface area contributed by atoms with Crippen LogP contribution in [0.4, 0.5) is 0 Å². The van der Waals surface area contributed by atoms with Crippen LogP contribution in [0.3, 0.4) is 0 Å². The Labute approximate surface area is 150 Å². The summed E-state index contributed by atoms with van der Waals surface area (Å²) in [6.07, 6.45) is 5.64. The number of hydrogen-bond acceptors (Lipinski definition) is 4. The van der Waals surface area contributed by atoms with Gasteiger partial charge in [0.1, 0.15) is 11.4 Å².